The molecule has 3 aromatic rings. The Labute approximate surface area is 217 Å². The fourth-order valence-corrected chi connectivity index (χ4v) is 4.62. The van der Waals surface area contributed by atoms with Crippen LogP contribution in [0.15, 0.2) is 64.3 Å². The van der Waals surface area contributed by atoms with Crippen molar-refractivity contribution in [2.45, 2.75) is 32.4 Å². The van der Waals surface area contributed by atoms with E-state index in [2.05, 4.69) is 10.3 Å². The molecule has 0 saturated heterocycles. The lowest BCUT2D eigenvalue weighted by Gasteiger charge is -2.25. The molecule has 3 N–H and O–H groups in total. The largest absolute Gasteiger partial charge is 0.480 e. The number of hydrogen-bond acceptors (Lipinski definition) is 6. The number of nitrogens with one attached hydrogen (secondary N) is 2. The second-order valence-corrected chi connectivity index (χ2v) is 9.24. The quantitative estimate of drug-likeness (QED) is 0.388. The molecular weight excluding hydrogens is 492 g/mol. The van der Waals surface area contributed by atoms with Crippen molar-refractivity contribution in [2.24, 2.45) is 0 Å². The Bertz CT molecular complexity index is 1450. The number of aromatic amines is 1. The highest BCUT2D eigenvalue weighted by Crippen LogP contribution is 2.44. The number of nitrogens with zero attached hydrogens (tertiary/aromatic N) is 2. The topological polar surface area (TPSA) is 151 Å². The number of amides is 2. The van der Waals surface area contributed by atoms with E-state index >= 15 is 0 Å². The predicted molar refractivity (Wildman–Crippen MR) is 138 cm³/mol. The molecule has 1 atom stereocenters. The minimum absolute atomic E-state index is 0.110. The standard InChI is InChI=1S/C27H28N4O7/c1-16-11-31(26(36)29-25(16)35)13-23(32)30(14-24(33)34)12-17(2)28-27(37)38-15-22-20-9-5-3-7-18(20)19-8-4-6-10-21(19)22/h3-11,17,22H,12-15H2,1-2H3,(H,28,37)(H,33,34)(H,29,35,36)/t17-/m1/s1. The number of alkyl carbamates (subject to hydrolysis) is 1. The van der Waals surface area contributed by atoms with E-state index in [0.29, 0.717) is 0 Å². The van der Waals surface area contributed by atoms with Gasteiger partial charge in [0.2, 0.25) is 5.91 Å². The molecule has 0 radical (unpaired) electrons. The summed E-state index contributed by atoms with van der Waals surface area (Å²) in [4.78, 5) is 63.5. The van der Waals surface area contributed by atoms with Gasteiger partial charge in [0.25, 0.3) is 5.56 Å². The highest BCUT2D eigenvalue weighted by Gasteiger charge is 2.29. The lowest BCUT2D eigenvalue weighted by atomic mass is 9.98. The van der Waals surface area contributed by atoms with Gasteiger partial charge in [0.1, 0.15) is 19.7 Å². The first-order chi connectivity index (χ1) is 18.1. The van der Waals surface area contributed by atoms with E-state index in [1.807, 2.05) is 48.5 Å². The molecule has 2 aromatic carbocycles. The van der Waals surface area contributed by atoms with Crippen molar-refractivity contribution in [1.82, 2.24) is 19.8 Å². The zero-order valence-corrected chi connectivity index (χ0v) is 21.0. The summed E-state index contributed by atoms with van der Waals surface area (Å²) in [5.41, 5.74) is 3.22. The molecule has 11 heteroatoms. The molecule has 0 aliphatic heterocycles. The third-order valence-corrected chi connectivity index (χ3v) is 6.38. The van der Waals surface area contributed by atoms with Crippen LogP contribution in [-0.2, 0) is 20.9 Å². The number of aryl methyl sites for hydroxylation is 1. The maximum absolute atomic E-state index is 12.8. The number of ether oxygens (including phenoxy) is 1. The van der Waals surface area contributed by atoms with Crippen LogP contribution in [0, 0.1) is 6.92 Å². The molecule has 0 fully saturated rings. The first-order valence-electron chi connectivity index (χ1n) is 12.1. The van der Waals surface area contributed by atoms with E-state index in [0.717, 1.165) is 31.7 Å². The second-order valence-electron chi connectivity index (χ2n) is 9.24. The van der Waals surface area contributed by atoms with Gasteiger partial charge in [-0.3, -0.25) is 23.9 Å². The fourth-order valence-electron chi connectivity index (χ4n) is 4.62. The Morgan fingerprint density at radius 2 is 1.68 bits per heavy atom. The smallest absolute Gasteiger partial charge is 0.407 e. The zero-order valence-electron chi connectivity index (χ0n) is 21.0. The van der Waals surface area contributed by atoms with Gasteiger partial charge >= 0.3 is 17.8 Å². The number of hydrogen-bond donors (Lipinski definition) is 3. The number of aliphatic carboxylic acids is 1. The van der Waals surface area contributed by atoms with E-state index in [9.17, 15) is 29.1 Å². The molecule has 1 heterocycles. The van der Waals surface area contributed by atoms with Crippen molar-refractivity contribution in [3.05, 3.63) is 92.3 Å². The Morgan fingerprint density at radius 3 is 2.29 bits per heavy atom. The van der Waals surface area contributed by atoms with Crippen molar-refractivity contribution in [3.63, 3.8) is 0 Å². The highest BCUT2D eigenvalue weighted by atomic mass is 16.5. The van der Waals surface area contributed by atoms with Crippen LogP contribution in [0.5, 0.6) is 0 Å². The van der Waals surface area contributed by atoms with Crippen molar-refractivity contribution in [2.75, 3.05) is 19.7 Å². The lowest BCUT2D eigenvalue weighted by Crippen LogP contribution is -2.48. The molecule has 11 nitrogen and oxygen atoms in total. The number of rotatable bonds is 9. The first kappa shape index (κ1) is 26.4. The molecule has 38 heavy (non-hydrogen) atoms. The molecule has 1 aromatic heterocycles. The van der Waals surface area contributed by atoms with E-state index in [4.69, 9.17) is 4.74 Å². The third-order valence-electron chi connectivity index (χ3n) is 6.38. The van der Waals surface area contributed by atoms with Crippen molar-refractivity contribution >= 4 is 18.0 Å². The van der Waals surface area contributed by atoms with E-state index in [1.165, 1.54) is 13.1 Å². The van der Waals surface area contributed by atoms with Crippen LogP contribution in [-0.4, -0.2) is 63.3 Å². The minimum atomic E-state index is -1.25. The molecular formula is C27H28N4O7. The third kappa shape index (κ3) is 5.83. The van der Waals surface area contributed by atoms with Gasteiger partial charge in [0.05, 0.1) is 0 Å². The van der Waals surface area contributed by atoms with Crippen LogP contribution in [0.3, 0.4) is 0 Å². The molecule has 0 bridgehead atoms. The van der Waals surface area contributed by atoms with E-state index < -0.39 is 48.4 Å². The van der Waals surface area contributed by atoms with Gasteiger partial charge in [0.15, 0.2) is 0 Å². The zero-order chi connectivity index (χ0) is 27.4. The van der Waals surface area contributed by atoms with Crippen LogP contribution in [0.4, 0.5) is 4.79 Å². The highest BCUT2D eigenvalue weighted by molar-refractivity contribution is 5.81. The van der Waals surface area contributed by atoms with Crippen LogP contribution < -0.4 is 16.6 Å². The molecule has 198 valence electrons. The number of carboxylic acid groups (broad SMARTS) is 1. The first-order valence-corrected chi connectivity index (χ1v) is 12.1. The van der Waals surface area contributed by atoms with Gasteiger partial charge < -0.3 is 20.1 Å². The van der Waals surface area contributed by atoms with Crippen LogP contribution in [0.1, 0.15) is 29.5 Å². The summed E-state index contributed by atoms with van der Waals surface area (Å²) in [5, 5.41) is 11.9. The summed E-state index contributed by atoms with van der Waals surface area (Å²) < 4.78 is 6.52. The normalized spacial score (nSPS) is 12.8. The Balaban J connectivity index is 1.37. The predicted octanol–water partition coefficient (Wildman–Crippen LogP) is 1.69. The number of carboxylic acids is 1. The van der Waals surface area contributed by atoms with Gasteiger partial charge in [-0.2, -0.15) is 0 Å². The summed E-state index contributed by atoms with van der Waals surface area (Å²) >= 11 is 0. The molecule has 0 saturated carbocycles. The van der Waals surface area contributed by atoms with Gasteiger partial charge in [0, 0.05) is 30.3 Å². The number of carbonyl (C=O) groups is 3. The Hall–Kier alpha value is -4.67. The molecule has 1 aliphatic carbocycles. The SMILES string of the molecule is Cc1cn(CC(=O)N(CC(=O)O)C[C@@H](C)NC(=O)OCC2c3ccccc3-c3ccccc32)c(=O)[nH]c1=O. The van der Waals surface area contributed by atoms with Crippen LogP contribution in [0.25, 0.3) is 11.1 Å². The summed E-state index contributed by atoms with van der Waals surface area (Å²) in [6.45, 7) is 1.97. The van der Waals surface area contributed by atoms with Crippen molar-refractivity contribution < 1.29 is 24.2 Å². The van der Waals surface area contributed by atoms with Crippen LogP contribution >= 0.6 is 0 Å². The molecule has 0 spiro atoms. The number of fused-ring (bicyclic) bond motifs is 3. The summed E-state index contributed by atoms with van der Waals surface area (Å²) in [5.74, 6) is -2.04. The van der Waals surface area contributed by atoms with Crippen molar-refractivity contribution in [3.8, 4) is 11.1 Å². The Kier molecular flexibility index (Phi) is 7.75. The van der Waals surface area contributed by atoms with Gasteiger partial charge in [-0.05, 0) is 36.1 Å². The van der Waals surface area contributed by atoms with E-state index in [1.54, 1.807) is 6.92 Å². The minimum Gasteiger partial charge on any atom is -0.480 e. The Morgan fingerprint density at radius 1 is 1.08 bits per heavy atom. The van der Waals surface area contributed by atoms with Crippen molar-refractivity contribution in [1.29, 1.82) is 0 Å². The average Bonchev–Trinajstić information content (AvgIpc) is 3.19. The number of carbonyl (C=O) groups excluding carboxylic acids is 2. The number of benzene rings is 2. The van der Waals surface area contributed by atoms with Gasteiger partial charge in [-0.25, -0.2) is 9.59 Å². The van der Waals surface area contributed by atoms with E-state index in [-0.39, 0.29) is 24.6 Å². The maximum Gasteiger partial charge on any atom is 0.407 e. The fraction of sp³-hybridized carbons (Fsp3) is 0.296. The number of H-pyrrole nitrogens is 1. The lowest BCUT2D eigenvalue weighted by molar-refractivity contribution is -0.144. The molecule has 2 amide bonds. The van der Waals surface area contributed by atoms with Crippen LogP contribution in [0.2, 0.25) is 0 Å². The second kappa shape index (κ2) is 11.2. The maximum atomic E-state index is 12.8. The van der Waals surface area contributed by atoms with Gasteiger partial charge in [-0.15, -0.1) is 0 Å². The molecule has 0 unspecified atom stereocenters. The molecule has 4 rings (SSSR count). The summed E-state index contributed by atoms with van der Waals surface area (Å²) in [6.07, 6.45) is 0.533. The monoisotopic (exact) mass is 520 g/mol. The van der Waals surface area contributed by atoms with Gasteiger partial charge in [-0.1, -0.05) is 48.5 Å². The summed E-state index contributed by atoms with van der Waals surface area (Å²) in [6, 6.07) is 15.2. The number of aromatic nitrogens is 2. The summed E-state index contributed by atoms with van der Waals surface area (Å²) in [7, 11) is 0. The average molecular weight is 521 g/mol. The molecule has 1 aliphatic rings.